The van der Waals surface area contributed by atoms with Crippen molar-refractivity contribution in [1.82, 2.24) is 4.68 Å². The van der Waals surface area contributed by atoms with E-state index in [0.29, 0.717) is 18.7 Å². The van der Waals surface area contributed by atoms with Crippen LogP contribution in [0.1, 0.15) is 5.56 Å². The molecular weight excluding hydrogens is 378 g/mol. The van der Waals surface area contributed by atoms with Crippen LogP contribution in [0.2, 0.25) is 4.34 Å². The van der Waals surface area contributed by atoms with Gasteiger partial charge in [0.25, 0.3) is 0 Å². The number of benzene rings is 1. The van der Waals surface area contributed by atoms with Crippen molar-refractivity contribution in [2.75, 3.05) is 20.3 Å². The number of phenolic OH excluding ortho intramolecular Hbond substituents is 1. The number of thiophene rings is 1. The van der Waals surface area contributed by atoms with E-state index in [2.05, 4.69) is 10.1 Å². The molecule has 0 radical (unpaired) electrons. The fraction of sp³-hybridized carbons (Fsp3) is 0.176. The average molecular weight is 394 g/mol. The van der Waals surface area contributed by atoms with Crippen LogP contribution < -0.4 is 4.80 Å². The minimum absolute atomic E-state index is 0.181. The summed E-state index contributed by atoms with van der Waals surface area (Å²) in [7, 11) is 1.65. The topological polar surface area (TPSA) is 59.1 Å². The van der Waals surface area contributed by atoms with E-state index in [0.717, 1.165) is 19.7 Å². The number of thiazole rings is 1. The number of rotatable bonds is 6. The standard InChI is InChI=1S/C17H16ClN3O2S2/c1-23-9-8-19-17-21(20-10-12-4-2-3-5-14(12)22)13(11-24-17)15-6-7-16(18)25-15/h2-7,10-11,22H,8-9H2,1H3. The predicted molar refractivity (Wildman–Crippen MR) is 104 cm³/mol. The first-order chi connectivity index (χ1) is 12.2. The van der Waals surface area contributed by atoms with Crippen molar-refractivity contribution >= 4 is 40.5 Å². The number of methoxy groups -OCH3 is 1. The monoisotopic (exact) mass is 393 g/mol. The summed E-state index contributed by atoms with van der Waals surface area (Å²) in [6.07, 6.45) is 1.62. The molecule has 0 aliphatic rings. The van der Waals surface area contributed by atoms with Gasteiger partial charge >= 0.3 is 0 Å². The van der Waals surface area contributed by atoms with Crippen LogP contribution in [0, 0.1) is 0 Å². The van der Waals surface area contributed by atoms with Crippen LogP contribution in [-0.4, -0.2) is 36.3 Å². The highest BCUT2D eigenvalue weighted by Gasteiger charge is 2.10. The van der Waals surface area contributed by atoms with Gasteiger partial charge in [-0.1, -0.05) is 23.7 Å². The van der Waals surface area contributed by atoms with E-state index in [1.807, 2.05) is 23.6 Å². The predicted octanol–water partition coefficient (Wildman–Crippen LogP) is 4.07. The van der Waals surface area contributed by atoms with Crippen molar-refractivity contribution in [3.63, 3.8) is 0 Å². The smallest absolute Gasteiger partial charge is 0.206 e. The number of nitrogens with zero attached hydrogens (tertiary/aromatic N) is 3. The minimum Gasteiger partial charge on any atom is -0.507 e. The lowest BCUT2D eigenvalue weighted by Crippen LogP contribution is -2.13. The quantitative estimate of drug-likeness (QED) is 0.507. The fourth-order valence-corrected chi connectivity index (χ4v) is 4.07. The van der Waals surface area contributed by atoms with Crippen molar-refractivity contribution in [2.45, 2.75) is 0 Å². The molecule has 1 aromatic carbocycles. The van der Waals surface area contributed by atoms with Crippen molar-refractivity contribution in [1.29, 1.82) is 0 Å². The van der Waals surface area contributed by atoms with E-state index < -0.39 is 0 Å². The zero-order valence-electron chi connectivity index (χ0n) is 13.4. The van der Waals surface area contributed by atoms with Crippen LogP contribution in [0.25, 0.3) is 10.6 Å². The van der Waals surface area contributed by atoms with Crippen LogP contribution in [0.15, 0.2) is 51.9 Å². The highest BCUT2D eigenvalue weighted by molar-refractivity contribution is 7.19. The van der Waals surface area contributed by atoms with Gasteiger partial charge in [-0.25, -0.2) is 4.68 Å². The Bertz CT molecular complexity index is 943. The lowest BCUT2D eigenvalue weighted by molar-refractivity contribution is 0.207. The number of ether oxygens (including phenoxy) is 1. The SMILES string of the molecule is COCCN=c1scc(-c2ccc(Cl)s2)n1N=Cc1ccccc1O. The Morgan fingerprint density at radius 3 is 2.84 bits per heavy atom. The van der Waals surface area contributed by atoms with E-state index in [1.165, 1.54) is 22.7 Å². The Balaban J connectivity index is 2.03. The molecule has 130 valence electrons. The Hall–Kier alpha value is -1.93. The summed E-state index contributed by atoms with van der Waals surface area (Å²) in [4.78, 5) is 6.29. The van der Waals surface area contributed by atoms with Crippen LogP contribution in [0.3, 0.4) is 0 Å². The molecule has 0 aliphatic carbocycles. The summed E-state index contributed by atoms with van der Waals surface area (Å²) in [6, 6.07) is 10.9. The summed E-state index contributed by atoms with van der Waals surface area (Å²) in [5.74, 6) is 0.181. The molecule has 0 unspecified atom stereocenters. The van der Waals surface area contributed by atoms with Crippen LogP contribution in [0.5, 0.6) is 5.75 Å². The van der Waals surface area contributed by atoms with Crippen LogP contribution >= 0.6 is 34.3 Å². The molecule has 25 heavy (non-hydrogen) atoms. The first kappa shape index (κ1) is 17.9. The van der Waals surface area contributed by atoms with Crippen LogP contribution in [-0.2, 0) is 4.74 Å². The largest absolute Gasteiger partial charge is 0.507 e. The molecule has 1 N–H and O–H groups in total. The van der Waals surface area contributed by atoms with E-state index >= 15 is 0 Å². The van der Waals surface area contributed by atoms with Crippen molar-refractivity contribution in [3.05, 3.63) is 56.5 Å². The molecule has 0 saturated carbocycles. The van der Waals surface area contributed by atoms with E-state index in [4.69, 9.17) is 16.3 Å². The van der Waals surface area contributed by atoms with Gasteiger partial charge in [0.15, 0.2) is 0 Å². The zero-order valence-corrected chi connectivity index (χ0v) is 15.8. The molecule has 3 aromatic rings. The van der Waals surface area contributed by atoms with Crippen LogP contribution in [0.4, 0.5) is 0 Å². The maximum absolute atomic E-state index is 9.92. The normalized spacial score (nSPS) is 12.3. The molecule has 0 saturated heterocycles. The Morgan fingerprint density at radius 2 is 2.12 bits per heavy atom. The Morgan fingerprint density at radius 1 is 1.28 bits per heavy atom. The molecule has 2 heterocycles. The summed E-state index contributed by atoms with van der Waals surface area (Å²) >= 11 is 9.05. The molecule has 2 aromatic heterocycles. The highest BCUT2D eigenvalue weighted by Crippen LogP contribution is 2.31. The number of aromatic nitrogens is 1. The van der Waals surface area contributed by atoms with Gasteiger partial charge in [-0.3, -0.25) is 4.99 Å². The van der Waals surface area contributed by atoms with Gasteiger partial charge in [0.1, 0.15) is 5.75 Å². The number of hydrogen-bond acceptors (Lipinski definition) is 6. The second-order valence-corrected chi connectivity index (χ2v) is 7.55. The van der Waals surface area contributed by atoms with Crippen molar-refractivity contribution in [2.24, 2.45) is 10.1 Å². The van der Waals surface area contributed by atoms with Gasteiger partial charge < -0.3 is 9.84 Å². The molecule has 0 atom stereocenters. The molecular formula is C17H16ClN3O2S2. The van der Waals surface area contributed by atoms with Gasteiger partial charge in [-0.05, 0) is 24.3 Å². The van der Waals surface area contributed by atoms with Crippen molar-refractivity contribution < 1.29 is 9.84 Å². The molecule has 5 nitrogen and oxygen atoms in total. The number of hydrogen-bond donors (Lipinski definition) is 1. The first-order valence-electron chi connectivity index (χ1n) is 7.47. The third kappa shape index (κ3) is 4.38. The maximum atomic E-state index is 9.92. The number of para-hydroxylation sites is 1. The Labute approximate surface area is 158 Å². The second kappa shape index (κ2) is 8.44. The summed E-state index contributed by atoms with van der Waals surface area (Å²) in [5, 5.41) is 16.4. The minimum atomic E-state index is 0.181. The van der Waals surface area contributed by atoms with Gasteiger partial charge in [0.05, 0.1) is 34.3 Å². The average Bonchev–Trinajstić information content (AvgIpc) is 3.20. The third-order valence-corrected chi connectivity index (χ3v) is 5.41. The van der Waals surface area contributed by atoms with Gasteiger partial charge in [0, 0.05) is 18.1 Å². The maximum Gasteiger partial charge on any atom is 0.206 e. The Kier molecular flexibility index (Phi) is 6.04. The van der Waals surface area contributed by atoms with E-state index in [9.17, 15) is 5.11 Å². The number of halogens is 1. The first-order valence-corrected chi connectivity index (χ1v) is 9.54. The fourth-order valence-electron chi connectivity index (χ4n) is 2.09. The summed E-state index contributed by atoms with van der Waals surface area (Å²) in [6.45, 7) is 1.09. The van der Waals surface area contributed by atoms with Gasteiger partial charge in [-0.2, -0.15) is 5.10 Å². The van der Waals surface area contributed by atoms with Gasteiger partial charge in [-0.15, -0.1) is 22.7 Å². The number of aromatic hydroxyl groups is 1. The van der Waals surface area contributed by atoms with E-state index in [-0.39, 0.29) is 5.75 Å². The molecule has 0 aliphatic heterocycles. The van der Waals surface area contributed by atoms with Crippen molar-refractivity contribution in [3.8, 4) is 16.3 Å². The highest BCUT2D eigenvalue weighted by atomic mass is 35.5. The molecule has 8 heteroatoms. The van der Waals surface area contributed by atoms with Gasteiger partial charge in [0.2, 0.25) is 4.80 Å². The molecule has 0 bridgehead atoms. The molecule has 0 spiro atoms. The molecule has 3 rings (SSSR count). The molecule has 0 amide bonds. The second-order valence-electron chi connectivity index (χ2n) is 5.00. The number of phenols is 1. The molecule has 0 fully saturated rings. The lowest BCUT2D eigenvalue weighted by Gasteiger charge is -2.02. The lowest BCUT2D eigenvalue weighted by atomic mass is 10.2. The summed E-state index contributed by atoms with van der Waals surface area (Å²) < 4.78 is 7.53. The summed E-state index contributed by atoms with van der Waals surface area (Å²) in [5.41, 5.74) is 1.55. The third-order valence-electron chi connectivity index (χ3n) is 3.30. The van der Waals surface area contributed by atoms with E-state index in [1.54, 1.807) is 36.2 Å². The zero-order chi connectivity index (χ0) is 17.6.